The van der Waals surface area contributed by atoms with E-state index in [-0.39, 0.29) is 11.9 Å². The van der Waals surface area contributed by atoms with Gasteiger partial charge in [-0.15, -0.1) is 0 Å². The predicted molar refractivity (Wildman–Crippen MR) is 83.8 cm³/mol. The van der Waals surface area contributed by atoms with Crippen molar-refractivity contribution >= 4 is 0 Å². The van der Waals surface area contributed by atoms with Crippen molar-refractivity contribution in [2.24, 2.45) is 5.92 Å². The molecule has 126 valence electrons. The van der Waals surface area contributed by atoms with E-state index in [4.69, 9.17) is 14.2 Å². The molecule has 3 aliphatic heterocycles. The molecule has 0 bridgehead atoms. The Morgan fingerprint density at radius 3 is 2.50 bits per heavy atom. The molecule has 0 aromatic carbocycles. The van der Waals surface area contributed by atoms with Crippen LogP contribution in [0.1, 0.15) is 32.1 Å². The van der Waals surface area contributed by atoms with Gasteiger partial charge >= 0.3 is 0 Å². The first-order valence-corrected chi connectivity index (χ1v) is 9.04. The number of likely N-dealkylation sites (tertiary alicyclic amines) is 1. The number of rotatable bonds is 5. The Labute approximate surface area is 133 Å². The van der Waals surface area contributed by atoms with Crippen LogP contribution in [0.2, 0.25) is 0 Å². The quantitative estimate of drug-likeness (QED) is 0.716. The number of hydrogen-bond acceptors (Lipinski definition) is 5. The van der Waals surface area contributed by atoms with E-state index in [2.05, 4.69) is 9.80 Å². The van der Waals surface area contributed by atoms with E-state index in [9.17, 15) is 0 Å². The van der Waals surface area contributed by atoms with Gasteiger partial charge in [-0.2, -0.15) is 0 Å². The molecule has 5 nitrogen and oxygen atoms in total. The molecule has 0 aromatic rings. The van der Waals surface area contributed by atoms with Crippen molar-refractivity contribution in [3.05, 3.63) is 0 Å². The van der Waals surface area contributed by atoms with Gasteiger partial charge in [-0.25, -0.2) is 0 Å². The van der Waals surface area contributed by atoms with Gasteiger partial charge in [0.15, 0.2) is 6.29 Å². The maximum atomic E-state index is 5.74. The van der Waals surface area contributed by atoms with E-state index in [0.29, 0.717) is 0 Å². The fraction of sp³-hybridized carbons (Fsp3) is 1.00. The zero-order valence-corrected chi connectivity index (χ0v) is 13.8. The predicted octanol–water partition coefficient (Wildman–Crippen LogP) is 1.32. The van der Waals surface area contributed by atoms with Crippen molar-refractivity contribution in [1.29, 1.82) is 0 Å². The molecule has 1 spiro atoms. The molecule has 3 saturated heterocycles. The van der Waals surface area contributed by atoms with Gasteiger partial charge in [0.1, 0.15) is 5.60 Å². The van der Waals surface area contributed by atoms with Gasteiger partial charge in [-0.05, 0) is 44.6 Å². The van der Waals surface area contributed by atoms with Crippen LogP contribution in [0.15, 0.2) is 0 Å². The standard InChI is InChI=1S/C17H30N2O3/c1-20-16-17(22-16)5-2-15(3-6-17)19-12-14(13-19)4-7-18-8-10-21-11-9-18/h14-16H,2-13H2,1H3. The van der Waals surface area contributed by atoms with Crippen molar-refractivity contribution in [2.45, 2.75) is 50.0 Å². The molecule has 5 heteroatoms. The van der Waals surface area contributed by atoms with Crippen LogP contribution in [0.5, 0.6) is 0 Å². The second-order valence-corrected chi connectivity index (χ2v) is 7.54. The summed E-state index contributed by atoms with van der Waals surface area (Å²) in [7, 11) is 1.76. The van der Waals surface area contributed by atoms with Gasteiger partial charge in [-0.1, -0.05) is 0 Å². The molecule has 1 saturated carbocycles. The van der Waals surface area contributed by atoms with Gasteiger partial charge in [0.25, 0.3) is 0 Å². The third kappa shape index (κ3) is 3.06. The van der Waals surface area contributed by atoms with E-state index in [1.165, 1.54) is 51.7 Å². The zero-order valence-electron chi connectivity index (χ0n) is 13.8. The van der Waals surface area contributed by atoms with Gasteiger partial charge in [-0.3, -0.25) is 9.80 Å². The van der Waals surface area contributed by atoms with Crippen LogP contribution in [-0.2, 0) is 14.2 Å². The minimum atomic E-state index is 0.0890. The Morgan fingerprint density at radius 2 is 1.86 bits per heavy atom. The highest BCUT2D eigenvalue weighted by atomic mass is 16.8. The van der Waals surface area contributed by atoms with Crippen LogP contribution < -0.4 is 0 Å². The highest BCUT2D eigenvalue weighted by molar-refractivity contribution is 5.03. The Kier molecular flexibility index (Phi) is 4.43. The molecule has 0 aromatic heterocycles. The van der Waals surface area contributed by atoms with Crippen LogP contribution in [0, 0.1) is 5.92 Å². The summed E-state index contributed by atoms with van der Waals surface area (Å²) in [4.78, 5) is 5.27. The van der Waals surface area contributed by atoms with Gasteiger partial charge < -0.3 is 14.2 Å². The van der Waals surface area contributed by atoms with Crippen molar-refractivity contribution in [3.8, 4) is 0 Å². The Bertz CT molecular complexity index is 372. The second-order valence-electron chi connectivity index (χ2n) is 7.54. The molecule has 3 heterocycles. The highest BCUT2D eigenvalue weighted by Gasteiger charge is 2.58. The van der Waals surface area contributed by atoms with E-state index >= 15 is 0 Å². The lowest BCUT2D eigenvalue weighted by Crippen LogP contribution is -2.54. The van der Waals surface area contributed by atoms with Crippen LogP contribution in [-0.4, -0.2) is 80.8 Å². The number of nitrogens with zero attached hydrogens (tertiary/aromatic N) is 2. The molecule has 22 heavy (non-hydrogen) atoms. The summed E-state index contributed by atoms with van der Waals surface area (Å²) in [6.45, 7) is 7.99. The van der Waals surface area contributed by atoms with Crippen LogP contribution in [0.25, 0.3) is 0 Å². The average Bonchev–Trinajstić information content (AvgIpc) is 3.21. The SMILES string of the molecule is COC1OC12CCC(N1CC(CCN3CCOCC3)C1)CC2. The molecule has 1 aliphatic carbocycles. The second kappa shape index (κ2) is 6.36. The third-order valence-corrected chi connectivity index (χ3v) is 6.19. The molecular weight excluding hydrogens is 280 g/mol. The molecule has 4 rings (SSSR count). The number of hydrogen-bond donors (Lipinski definition) is 0. The smallest absolute Gasteiger partial charge is 0.187 e. The summed E-state index contributed by atoms with van der Waals surface area (Å²) in [5, 5.41) is 0. The summed E-state index contributed by atoms with van der Waals surface area (Å²) in [6.07, 6.45) is 6.40. The first-order chi connectivity index (χ1) is 10.8. The minimum Gasteiger partial charge on any atom is -0.379 e. The van der Waals surface area contributed by atoms with Crippen molar-refractivity contribution < 1.29 is 14.2 Å². The first kappa shape index (κ1) is 15.3. The lowest BCUT2D eigenvalue weighted by Gasteiger charge is -2.47. The molecule has 0 N–H and O–H groups in total. The molecule has 0 radical (unpaired) electrons. The average molecular weight is 310 g/mol. The normalized spacial score (nSPS) is 40.8. The lowest BCUT2D eigenvalue weighted by molar-refractivity contribution is 0.00350. The molecule has 4 fully saturated rings. The van der Waals surface area contributed by atoms with Gasteiger partial charge in [0.05, 0.1) is 13.2 Å². The molecule has 4 aliphatic rings. The Morgan fingerprint density at radius 1 is 1.14 bits per heavy atom. The van der Waals surface area contributed by atoms with E-state index in [0.717, 1.165) is 38.3 Å². The third-order valence-electron chi connectivity index (χ3n) is 6.19. The largest absolute Gasteiger partial charge is 0.379 e. The summed E-state index contributed by atoms with van der Waals surface area (Å²) in [5.41, 5.74) is 0.103. The fourth-order valence-corrected chi connectivity index (χ4v) is 4.53. The van der Waals surface area contributed by atoms with Crippen molar-refractivity contribution in [2.75, 3.05) is 53.0 Å². The van der Waals surface area contributed by atoms with Gasteiger partial charge in [0, 0.05) is 39.3 Å². The van der Waals surface area contributed by atoms with Crippen LogP contribution >= 0.6 is 0 Å². The lowest BCUT2D eigenvalue weighted by atomic mass is 9.82. The maximum Gasteiger partial charge on any atom is 0.187 e. The summed E-state index contributed by atoms with van der Waals surface area (Å²) in [5.74, 6) is 0.919. The van der Waals surface area contributed by atoms with Gasteiger partial charge in [0.2, 0.25) is 0 Å². The topological polar surface area (TPSA) is 37.5 Å². The monoisotopic (exact) mass is 310 g/mol. The van der Waals surface area contributed by atoms with E-state index in [1.807, 2.05) is 0 Å². The maximum absolute atomic E-state index is 5.74. The van der Waals surface area contributed by atoms with E-state index in [1.54, 1.807) is 7.11 Å². The number of morpholine rings is 1. The van der Waals surface area contributed by atoms with Crippen LogP contribution in [0.3, 0.4) is 0 Å². The number of ether oxygens (including phenoxy) is 3. The summed E-state index contributed by atoms with van der Waals surface area (Å²) < 4.78 is 16.5. The molecule has 1 atom stereocenters. The summed E-state index contributed by atoms with van der Waals surface area (Å²) in [6, 6.07) is 0.798. The van der Waals surface area contributed by atoms with Crippen LogP contribution in [0.4, 0.5) is 0 Å². The number of epoxide rings is 1. The van der Waals surface area contributed by atoms with Crippen molar-refractivity contribution in [3.63, 3.8) is 0 Å². The molecular formula is C17H30N2O3. The van der Waals surface area contributed by atoms with E-state index < -0.39 is 0 Å². The summed E-state index contributed by atoms with van der Waals surface area (Å²) >= 11 is 0. The first-order valence-electron chi connectivity index (χ1n) is 9.04. The fourth-order valence-electron chi connectivity index (χ4n) is 4.53. The highest BCUT2D eigenvalue weighted by Crippen LogP contribution is 2.49. The minimum absolute atomic E-state index is 0.0890. The van der Waals surface area contributed by atoms with Crippen molar-refractivity contribution in [1.82, 2.24) is 9.80 Å². The molecule has 1 unspecified atom stereocenters. The Balaban J connectivity index is 1.13. The number of methoxy groups -OCH3 is 1. The Hall–Kier alpha value is -0.200. The zero-order chi connectivity index (χ0) is 15.0. The molecule has 0 amide bonds.